The van der Waals surface area contributed by atoms with Crippen molar-refractivity contribution in [3.05, 3.63) is 0 Å². The molecule has 5 heteroatoms. The van der Waals surface area contributed by atoms with Gasteiger partial charge in [0.1, 0.15) is 5.60 Å². The minimum atomic E-state index is -0.887. The number of carbonyl (C=O) groups is 2. The van der Waals surface area contributed by atoms with Crippen LogP contribution in [0, 0.1) is 12.3 Å². The standard InChI is InChI=1S/C10H16N2O3/c1-5-6-7(11)8(13)12-9(14)15-10(2,3)4/h1,7H,6,11H2,2-4H3,(H,12,13,14)/t7-/m0/s1. The van der Waals surface area contributed by atoms with Crippen molar-refractivity contribution in [3.8, 4) is 12.3 Å². The maximum absolute atomic E-state index is 11.2. The van der Waals surface area contributed by atoms with E-state index >= 15 is 0 Å². The van der Waals surface area contributed by atoms with Crippen molar-refractivity contribution in [2.45, 2.75) is 38.8 Å². The molecule has 0 aliphatic carbocycles. The number of carbonyl (C=O) groups excluding carboxylic acids is 2. The second kappa shape index (κ2) is 5.37. The van der Waals surface area contributed by atoms with Crippen molar-refractivity contribution in [1.82, 2.24) is 5.32 Å². The maximum atomic E-state index is 11.2. The van der Waals surface area contributed by atoms with Gasteiger partial charge < -0.3 is 10.5 Å². The summed E-state index contributed by atoms with van der Waals surface area (Å²) in [7, 11) is 0. The van der Waals surface area contributed by atoms with Crippen LogP contribution in [0.1, 0.15) is 27.2 Å². The quantitative estimate of drug-likeness (QED) is 0.649. The maximum Gasteiger partial charge on any atom is 0.414 e. The lowest BCUT2D eigenvalue weighted by molar-refractivity contribution is -0.121. The van der Waals surface area contributed by atoms with Crippen molar-refractivity contribution in [3.63, 3.8) is 0 Å². The lowest BCUT2D eigenvalue weighted by Gasteiger charge is -2.19. The summed E-state index contributed by atoms with van der Waals surface area (Å²) in [6.45, 7) is 5.08. The van der Waals surface area contributed by atoms with Crippen LogP contribution in [-0.4, -0.2) is 23.6 Å². The third kappa shape index (κ3) is 6.52. The molecule has 15 heavy (non-hydrogen) atoms. The second-order valence-corrected chi connectivity index (χ2v) is 4.01. The molecule has 0 fully saturated rings. The zero-order valence-electron chi connectivity index (χ0n) is 9.16. The summed E-state index contributed by atoms with van der Waals surface area (Å²) in [5, 5.41) is 2.00. The van der Waals surface area contributed by atoms with Gasteiger partial charge in [0.2, 0.25) is 5.91 Å². The lowest BCUT2D eigenvalue weighted by atomic mass is 10.2. The molecule has 0 saturated carbocycles. The Kier molecular flexibility index (Phi) is 4.82. The number of ether oxygens (including phenoxy) is 1. The van der Waals surface area contributed by atoms with E-state index in [9.17, 15) is 9.59 Å². The summed E-state index contributed by atoms with van der Waals surface area (Å²) in [6.07, 6.45) is 4.23. The van der Waals surface area contributed by atoms with E-state index in [4.69, 9.17) is 16.9 Å². The Labute approximate surface area is 89.3 Å². The highest BCUT2D eigenvalue weighted by atomic mass is 16.6. The number of nitrogens with one attached hydrogen (secondary N) is 1. The Morgan fingerprint density at radius 1 is 1.53 bits per heavy atom. The topological polar surface area (TPSA) is 81.4 Å². The molecule has 0 bridgehead atoms. The summed E-state index contributed by atoms with van der Waals surface area (Å²) < 4.78 is 4.86. The summed E-state index contributed by atoms with van der Waals surface area (Å²) in [6, 6.07) is -0.887. The average molecular weight is 212 g/mol. The predicted molar refractivity (Wildman–Crippen MR) is 55.8 cm³/mol. The zero-order chi connectivity index (χ0) is 12.1. The summed E-state index contributed by atoms with van der Waals surface area (Å²) in [4.78, 5) is 22.3. The van der Waals surface area contributed by atoms with Crippen molar-refractivity contribution in [2.24, 2.45) is 5.73 Å². The van der Waals surface area contributed by atoms with Crippen molar-refractivity contribution >= 4 is 12.0 Å². The monoisotopic (exact) mass is 212 g/mol. The third-order valence-electron chi connectivity index (χ3n) is 1.30. The van der Waals surface area contributed by atoms with E-state index in [2.05, 4.69) is 5.92 Å². The van der Waals surface area contributed by atoms with Gasteiger partial charge in [-0.25, -0.2) is 4.79 Å². The van der Waals surface area contributed by atoms with E-state index < -0.39 is 23.6 Å². The van der Waals surface area contributed by atoms with Crippen LogP contribution in [0.15, 0.2) is 0 Å². The van der Waals surface area contributed by atoms with Gasteiger partial charge in [0.15, 0.2) is 0 Å². The normalized spacial score (nSPS) is 12.5. The number of hydrogen-bond donors (Lipinski definition) is 2. The Morgan fingerprint density at radius 3 is 2.47 bits per heavy atom. The minimum absolute atomic E-state index is 0.0780. The highest BCUT2D eigenvalue weighted by Gasteiger charge is 2.20. The fraction of sp³-hybridized carbons (Fsp3) is 0.600. The van der Waals surface area contributed by atoms with E-state index in [0.29, 0.717) is 0 Å². The average Bonchev–Trinajstić information content (AvgIpc) is 2.00. The van der Waals surface area contributed by atoms with Gasteiger partial charge in [-0.3, -0.25) is 10.1 Å². The molecule has 0 aromatic rings. The van der Waals surface area contributed by atoms with Gasteiger partial charge in [-0.15, -0.1) is 12.3 Å². The van der Waals surface area contributed by atoms with E-state index in [1.54, 1.807) is 20.8 Å². The highest BCUT2D eigenvalue weighted by Crippen LogP contribution is 2.06. The molecule has 0 aromatic heterocycles. The predicted octanol–water partition coefficient (Wildman–Crippen LogP) is 0.388. The number of alkyl carbamates (subject to hydrolysis) is 1. The van der Waals surface area contributed by atoms with E-state index in [0.717, 1.165) is 0 Å². The Morgan fingerprint density at radius 2 is 2.07 bits per heavy atom. The van der Waals surface area contributed by atoms with Crippen LogP contribution in [0.3, 0.4) is 0 Å². The first-order valence-corrected chi connectivity index (χ1v) is 4.49. The fourth-order valence-electron chi connectivity index (χ4n) is 0.717. The molecule has 0 aliphatic rings. The number of hydrogen-bond acceptors (Lipinski definition) is 4. The molecule has 0 rings (SSSR count). The van der Waals surface area contributed by atoms with Gasteiger partial charge in [0.25, 0.3) is 0 Å². The molecule has 0 unspecified atom stereocenters. The largest absolute Gasteiger partial charge is 0.444 e. The smallest absolute Gasteiger partial charge is 0.414 e. The van der Waals surface area contributed by atoms with Crippen LogP contribution in [0.4, 0.5) is 4.79 Å². The Balaban J connectivity index is 4.09. The first-order valence-electron chi connectivity index (χ1n) is 4.49. The molecule has 0 heterocycles. The third-order valence-corrected chi connectivity index (χ3v) is 1.30. The Hall–Kier alpha value is -1.54. The number of amides is 2. The molecular weight excluding hydrogens is 196 g/mol. The van der Waals surface area contributed by atoms with Gasteiger partial charge in [-0.1, -0.05) is 0 Å². The molecule has 0 radical (unpaired) electrons. The van der Waals surface area contributed by atoms with Gasteiger partial charge in [-0.05, 0) is 20.8 Å². The van der Waals surface area contributed by atoms with Crippen molar-refractivity contribution in [1.29, 1.82) is 0 Å². The molecule has 3 N–H and O–H groups in total. The number of terminal acetylenes is 1. The van der Waals surface area contributed by atoms with Crippen LogP contribution in [-0.2, 0) is 9.53 Å². The SMILES string of the molecule is C#CC[C@H](N)C(=O)NC(=O)OC(C)(C)C. The molecule has 2 amide bonds. The van der Waals surface area contributed by atoms with Crippen LogP contribution >= 0.6 is 0 Å². The summed E-state index contributed by atoms with van der Waals surface area (Å²) >= 11 is 0. The summed E-state index contributed by atoms with van der Waals surface area (Å²) in [5.41, 5.74) is 4.73. The molecule has 1 atom stereocenters. The molecule has 5 nitrogen and oxygen atoms in total. The molecule has 0 aromatic carbocycles. The fourth-order valence-corrected chi connectivity index (χ4v) is 0.717. The Bertz CT molecular complexity index is 286. The number of rotatable bonds is 2. The number of imide groups is 1. The van der Waals surface area contributed by atoms with Gasteiger partial charge in [0, 0.05) is 6.42 Å². The molecule has 0 aliphatic heterocycles. The van der Waals surface area contributed by atoms with Gasteiger partial charge in [0.05, 0.1) is 6.04 Å². The van der Waals surface area contributed by atoms with Crippen LogP contribution in [0.25, 0.3) is 0 Å². The van der Waals surface area contributed by atoms with Gasteiger partial charge in [-0.2, -0.15) is 0 Å². The van der Waals surface area contributed by atoms with Crippen LogP contribution in [0.2, 0.25) is 0 Å². The first kappa shape index (κ1) is 13.5. The van der Waals surface area contributed by atoms with Crippen LogP contribution in [0.5, 0.6) is 0 Å². The lowest BCUT2D eigenvalue weighted by Crippen LogP contribution is -2.45. The first-order chi connectivity index (χ1) is 6.76. The van der Waals surface area contributed by atoms with Crippen molar-refractivity contribution in [2.75, 3.05) is 0 Å². The summed E-state index contributed by atoms with van der Waals surface area (Å²) in [5.74, 6) is 1.60. The van der Waals surface area contributed by atoms with E-state index in [-0.39, 0.29) is 6.42 Å². The molecule has 0 saturated heterocycles. The molecule has 84 valence electrons. The minimum Gasteiger partial charge on any atom is -0.444 e. The molecular formula is C10H16N2O3. The zero-order valence-corrected chi connectivity index (χ0v) is 9.16. The van der Waals surface area contributed by atoms with E-state index in [1.807, 2.05) is 5.32 Å². The van der Waals surface area contributed by atoms with Crippen LogP contribution < -0.4 is 11.1 Å². The second-order valence-electron chi connectivity index (χ2n) is 4.01. The van der Waals surface area contributed by atoms with Crippen molar-refractivity contribution < 1.29 is 14.3 Å². The van der Waals surface area contributed by atoms with E-state index in [1.165, 1.54) is 0 Å². The molecule has 0 spiro atoms. The van der Waals surface area contributed by atoms with Gasteiger partial charge >= 0.3 is 6.09 Å². The number of nitrogens with two attached hydrogens (primary N) is 1. The highest BCUT2D eigenvalue weighted by molar-refractivity contribution is 5.94.